The van der Waals surface area contributed by atoms with E-state index in [1.54, 1.807) is 0 Å². The summed E-state index contributed by atoms with van der Waals surface area (Å²) < 4.78 is 5.54. The zero-order valence-corrected chi connectivity index (χ0v) is 22.7. The smallest absolute Gasteiger partial charge is 0.270 e. The third-order valence-electron chi connectivity index (χ3n) is 7.01. The van der Waals surface area contributed by atoms with Gasteiger partial charge in [-0.2, -0.15) is 0 Å². The van der Waals surface area contributed by atoms with Gasteiger partial charge in [-0.05, 0) is 75.8 Å². The van der Waals surface area contributed by atoms with Crippen LogP contribution in [-0.4, -0.2) is 63.8 Å². The summed E-state index contributed by atoms with van der Waals surface area (Å²) in [5.41, 5.74) is 1.33. The average Bonchev–Trinajstić information content (AvgIpc) is 3.41. The molecule has 2 heterocycles. The van der Waals surface area contributed by atoms with Crippen molar-refractivity contribution in [3.05, 3.63) is 54.2 Å². The average molecular weight is 505 g/mol. The first-order valence-electron chi connectivity index (χ1n) is 13.5. The van der Waals surface area contributed by atoms with E-state index >= 15 is 0 Å². The number of carbonyl (C=O) groups excluding carboxylic acids is 1. The standard InChI is InChI=1S/C28H34N4O3.C2H6/c1-4-35-22-11-9-18(10-12-22)26-30-24-8-6-5-7-23(24)25(31-26)27(33)29-21-13-19-15-32(16-20(19)14-21)17-28(2,3)34;1-2/h5-12,19-21,34H,4,13-17H2,1-3H3,(H,29,33);1-2H3/t19-,20+,21?;. The maximum Gasteiger partial charge on any atom is 0.270 e. The molecule has 2 aromatic carbocycles. The van der Waals surface area contributed by atoms with E-state index in [9.17, 15) is 9.90 Å². The van der Waals surface area contributed by atoms with Crippen LogP contribution >= 0.6 is 0 Å². The van der Waals surface area contributed by atoms with Gasteiger partial charge in [0.15, 0.2) is 5.82 Å². The molecule has 0 spiro atoms. The van der Waals surface area contributed by atoms with Gasteiger partial charge in [0.2, 0.25) is 0 Å². The van der Waals surface area contributed by atoms with E-state index in [2.05, 4.69) is 10.2 Å². The van der Waals surface area contributed by atoms with Gasteiger partial charge in [0, 0.05) is 36.6 Å². The van der Waals surface area contributed by atoms with Gasteiger partial charge in [-0.25, -0.2) is 9.97 Å². The number of hydrogen-bond donors (Lipinski definition) is 2. The van der Waals surface area contributed by atoms with Gasteiger partial charge in [0.05, 0.1) is 17.7 Å². The highest BCUT2D eigenvalue weighted by Crippen LogP contribution is 2.38. The van der Waals surface area contributed by atoms with Crippen molar-refractivity contribution in [2.75, 3.05) is 26.2 Å². The molecule has 5 rings (SSSR count). The highest BCUT2D eigenvalue weighted by molar-refractivity contribution is 6.05. The van der Waals surface area contributed by atoms with E-state index in [1.165, 1.54) is 0 Å². The number of aliphatic hydroxyl groups is 1. The van der Waals surface area contributed by atoms with Crippen LogP contribution in [0, 0.1) is 11.8 Å². The molecular weight excluding hydrogens is 464 g/mol. The predicted molar refractivity (Wildman–Crippen MR) is 148 cm³/mol. The summed E-state index contributed by atoms with van der Waals surface area (Å²) in [4.78, 5) is 25.2. The van der Waals surface area contributed by atoms with Gasteiger partial charge in [-0.3, -0.25) is 9.69 Å². The highest BCUT2D eigenvalue weighted by Gasteiger charge is 2.42. The molecular formula is C30H40N4O3. The predicted octanol–water partition coefficient (Wildman–Crippen LogP) is 4.93. The molecule has 2 aliphatic rings. The van der Waals surface area contributed by atoms with E-state index in [-0.39, 0.29) is 11.9 Å². The fourth-order valence-corrected chi connectivity index (χ4v) is 5.69. The number of nitrogens with zero attached hydrogens (tertiary/aromatic N) is 3. The molecule has 3 atom stereocenters. The highest BCUT2D eigenvalue weighted by atomic mass is 16.5. The molecule has 1 aliphatic carbocycles. The van der Waals surface area contributed by atoms with Crippen molar-refractivity contribution in [1.29, 1.82) is 0 Å². The van der Waals surface area contributed by atoms with Gasteiger partial charge in [0.1, 0.15) is 11.4 Å². The van der Waals surface area contributed by atoms with Gasteiger partial charge in [-0.1, -0.05) is 32.0 Å². The lowest BCUT2D eigenvalue weighted by Gasteiger charge is -2.26. The molecule has 37 heavy (non-hydrogen) atoms. The summed E-state index contributed by atoms with van der Waals surface area (Å²) in [6.07, 6.45) is 1.93. The number of para-hydroxylation sites is 1. The van der Waals surface area contributed by atoms with Crippen molar-refractivity contribution in [3.63, 3.8) is 0 Å². The summed E-state index contributed by atoms with van der Waals surface area (Å²) in [5.74, 6) is 2.30. The normalized spacial score (nSPS) is 21.3. The van der Waals surface area contributed by atoms with Crippen LogP contribution in [0.25, 0.3) is 22.3 Å². The number of nitrogens with one attached hydrogen (secondary N) is 1. The zero-order chi connectivity index (χ0) is 26.6. The van der Waals surface area contributed by atoms with Crippen molar-refractivity contribution in [3.8, 4) is 17.1 Å². The van der Waals surface area contributed by atoms with E-state index in [1.807, 2.05) is 83.1 Å². The number of carbonyl (C=O) groups is 1. The van der Waals surface area contributed by atoms with Gasteiger partial charge in [0.25, 0.3) is 5.91 Å². The minimum Gasteiger partial charge on any atom is -0.494 e. The number of likely N-dealkylation sites (tertiary alicyclic amines) is 1. The number of β-amino-alcohol motifs (C(OH)–C–C–N with tert-alkyl or cyclic N) is 1. The minimum absolute atomic E-state index is 0.143. The number of benzene rings is 2. The number of fused-ring (bicyclic) bond motifs is 2. The lowest BCUT2D eigenvalue weighted by Crippen LogP contribution is -2.39. The van der Waals surface area contributed by atoms with Gasteiger partial charge >= 0.3 is 0 Å². The Balaban J connectivity index is 0.00000156. The molecule has 1 saturated carbocycles. The Morgan fingerprint density at radius 3 is 2.32 bits per heavy atom. The molecule has 0 bridgehead atoms. The number of rotatable bonds is 7. The summed E-state index contributed by atoms with van der Waals surface area (Å²) in [6.45, 7) is 12.9. The molecule has 198 valence electrons. The minimum atomic E-state index is -0.679. The van der Waals surface area contributed by atoms with Crippen LogP contribution in [0.4, 0.5) is 0 Å². The molecule has 1 saturated heterocycles. The molecule has 2 N–H and O–H groups in total. The fourth-order valence-electron chi connectivity index (χ4n) is 5.69. The van der Waals surface area contributed by atoms with Crippen molar-refractivity contribution in [1.82, 2.24) is 20.2 Å². The van der Waals surface area contributed by atoms with Crippen LogP contribution < -0.4 is 10.1 Å². The van der Waals surface area contributed by atoms with E-state index in [0.29, 0.717) is 36.5 Å². The Morgan fingerprint density at radius 2 is 1.70 bits per heavy atom. The number of hydrogen-bond acceptors (Lipinski definition) is 6. The van der Waals surface area contributed by atoms with Crippen LogP contribution in [0.5, 0.6) is 5.75 Å². The van der Waals surface area contributed by atoms with Crippen LogP contribution in [0.2, 0.25) is 0 Å². The van der Waals surface area contributed by atoms with Gasteiger partial charge < -0.3 is 15.2 Å². The fraction of sp³-hybridized carbons (Fsp3) is 0.500. The van der Waals surface area contributed by atoms with Crippen molar-refractivity contribution >= 4 is 16.8 Å². The van der Waals surface area contributed by atoms with Crippen molar-refractivity contribution in [2.45, 2.75) is 59.1 Å². The number of ether oxygens (including phenoxy) is 1. The SMILES string of the molecule is CC.CCOc1ccc(-c2nc(C(=O)NC3C[C@@H]4CN(CC(C)(C)O)C[C@@H]4C3)c3ccccc3n2)cc1. The quantitative estimate of drug-likeness (QED) is 0.474. The first kappa shape index (κ1) is 27.0. The molecule has 2 fully saturated rings. The topological polar surface area (TPSA) is 87.6 Å². The number of amides is 1. The van der Waals surface area contributed by atoms with E-state index in [0.717, 1.165) is 48.1 Å². The molecule has 1 aromatic heterocycles. The molecule has 7 nitrogen and oxygen atoms in total. The molecule has 0 radical (unpaired) electrons. The van der Waals surface area contributed by atoms with Crippen LogP contribution in [0.1, 0.15) is 57.9 Å². The molecule has 3 aromatic rings. The monoisotopic (exact) mass is 504 g/mol. The third kappa shape index (κ3) is 6.46. The molecule has 7 heteroatoms. The Morgan fingerprint density at radius 1 is 1.05 bits per heavy atom. The largest absolute Gasteiger partial charge is 0.494 e. The van der Waals surface area contributed by atoms with Gasteiger partial charge in [-0.15, -0.1) is 0 Å². The summed E-state index contributed by atoms with van der Waals surface area (Å²) >= 11 is 0. The summed E-state index contributed by atoms with van der Waals surface area (Å²) in [5, 5.41) is 14.2. The first-order chi connectivity index (χ1) is 17.8. The molecule has 1 unspecified atom stereocenters. The van der Waals surface area contributed by atoms with Crippen LogP contribution in [0.3, 0.4) is 0 Å². The molecule has 1 aliphatic heterocycles. The van der Waals surface area contributed by atoms with Crippen molar-refractivity contribution < 1.29 is 14.6 Å². The lowest BCUT2D eigenvalue weighted by atomic mass is 10.0. The Bertz CT molecular complexity index is 1190. The summed E-state index contributed by atoms with van der Waals surface area (Å²) in [7, 11) is 0. The summed E-state index contributed by atoms with van der Waals surface area (Å²) in [6, 6.07) is 15.5. The van der Waals surface area contributed by atoms with E-state index < -0.39 is 5.60 Å². The van der Waals surface area contributed by atoms with E-state index in [4.69, 9.17) is 14.7 Å². The number of aromatic nitrogens is 2. The zero-order valence-electron chi connectivity index (χ0n) is 22.7. The maximum atomic E-state index is 13.4. The Hall–Kier alpha value is -3.03. The second kappa shape index (κ2) is 11.6. The van der Waals surface area contributed by atoms with Crippen LogP contribution in [0.15, 0.2) is 48.5 Å². The lowest BCUT2D eigenvalue weighted by molar-refractivity contribution is 0.0413. The maximum absolute atomic E-state index is 13.4. The van der Waals surface area contributed by atoms with Crippen molar-refractivity contribution in [2.24, 2.45) is 11.8 Å². The Kier molecular flexibility index (Phi) is 8.45. The second-order valence-corrected chi connectivity index (χ2v) is 10.5. The Labute approximate surface area is 220 Å². The third-order valence-corrected chi connectivity index (χ3v) is 7.01. The van der Waals surface area contributed by atoms with Crippen LogP contribution in [-0.2, 0) is 0 Å². The molecule has 1 amide bonds. The first-order valence-corrected chi connectivity index (χ1v) is 13.5. The second-order valence-electron chi connectivity index (χ2n) is 10.5.